The van der Waals surface area contributed by atoms with Crippen molar-refractivity contribution in [3.8, 4) is 11.5 Å². The van der Waals surface area contributed by atoms with Gasteiger partial charge in [-0.2, -0.15) is 0 Å². The van der Waals surface area contributed by atoms with Crippen molar-refractivity contribution in [1.82, 2.24) is 4.90 Å². The smallest absolute Gasteiger partial charge is 0.266 e. The average molecular weight is 476 g/mol. The van der Waals surface area contributed by atoms with E-state index in [4.69, 9.17) is 21.7 Å². The SMILES string of the molecule is COc1cc(/C=C2\SC(=S)N([C@H]3CCS(=O)(=O)C3)C2=O)ccc1OCc1ccccc1. The number of rotatable bonds is 6. The Bertz CT molecular complexity index is 1140. The van der Waals surface area contributed by atoms with Crippen molar-refractivity contribution < 1.29 is 22.7 Å². The fourth-order valence-electron chi connectivity index (χ4n) is 3.55. The molecule has 2 aliphatic heterocycles. The second kappa shape index (κ2) is 9.02. The number of thiocarbonyl (C=S) groups is 1. The molecule has 31 heavy (non-hydrogen) atoms. The zero-order chi connectivity index (χ0) is 22.0. The van der Waals surface area contributed by atoms with Gasteiger partial charge in [-0.3, -0.25) is 9.69 Å². The quantitative estimate of drug-likeness (QED) is 0.466. The number of hydrogen-bond acceptors (Lipinski definition) is 7. The maximum atomic E-state index is 12.9. The Morgan fingerprint density at radius 3 is 2.65 bits per heavy atom. The van der Waals surface area contributed by atoms with Gasteiger partial charge in [-0.15, -0.1) is 0 Å². The van der Waals surface area contributed by atoms with Crippen LogP contribution in [-0.4, -0.2) is 48.2 Å². The molecule has 2 saturated heterocycles. The van der Waals surface area contributed by atoms with E-state index in [0.29, 0.717) is 33.8 Å². The molecule has 0 N–H and O–H groups in total. The third kappa shape index (κ3) is 4.94. The van der Waals surface area contributed by atoms with Gasteiger partial charge in [0.15, 0.2) is 21.3 Å². The van der Waals surface area contributed by atoms with Crippen molar-refractivity contribution in [2.75, 3.05) is 18.6 Å². The van der Waals surface area contributed by atoms with Crippen molar-refractivity contribution in [2.24, 2.45) is 0 Å². The summed E-state index contributed by atoms with van der Waals surface area (Å²) in [5, 5.41) is 0. The predicted octanol–water partition coefficient (Wildman–Crippen LogP) is 3.66. The fraction of sp³-hybridized carbons (Fsp3) is 0.273. The Balaban J connectivity index is 1.50. The van der Waals surface area contributed by atoms with Gasteiger partial charge in [0, 0.05) is 0 Å². The summed E-state index contributed by atoms with van der Waals surface area (Å²) in [4.78, 5) is 14.8. The van der Waals surface area contributed by atoms with Crippen LogP contribution in [0.1, 0.15) is 17.5 Å². The largest absolute Gasteiger partial charge is 0.493 e. The van der Waals surface area contributed by atoms with Crippen LogP contribution in [0.3, 0.4) is 0 Å². The van der Waals surface area contributed by atoms with Gasteiger partial charge in [-0.05, 0) is 35.8 Å². The highest BCUT2D eigenvalue weighted by Gasteiger charge is 2.42. The minimum absolute atomic E-state index is 0.0337. The Kier molecular flexibility index (Phi) is 6.36. The van der Waals surface area contributed by atoms with Gasteiger partial charge < -0.3 is 9.47 Å². The maximum Gasteiger partial charge on any atom is 0.266 e. The van der Waals surface area contributed by atoms with Crippen molar-refractivity contribution in [1.29, 1.82) is 0 Å². The lowest BCUT2D eigenvalue weighted by molar-refractivity contribution is -0.123. The molecule has 0 spiro atoms. The Hall–Kier alpha value is -2.36. The average Bonchev–Trinajstić information content (AvgIpc) is 3.25. The first-order valence-electron chi connectivity index (χ1n) is 9.68. The van der Waals surface area contributed by atoms with Crippen LogP contribution in [-0.2, 0) is 21.2 Å². The summed E-state index contributed by atoms with van der Waals surface area (Å²) < 4.78 is 35.3. The third-order valence-electron chi connectivity index (χ3n) is 5.12. The van der Waals surface area contributed by atoms with E-state index in [1.54, 1.807) is 25.3 Å². The lowest BCUT2D eigenvalue weighted by atomic mass is 10.1. The molecule has 0 saturated carbocycles. The summed E-state index contributed by atoms with van der Waals surface area (Å²) in [7, 11) is -1.54. The maximum absolute atomic E-state index is 12.9. The van der Waals surface area contributed by atoms with Crippen molar-refractivity contribution in [2.45, 2.75) is 19.1 Å². The van der Waals surface area contributed by atoms with E-state index in [2.05, 4.69) is 0 Å². The molecule has 0 unspecified atom stereocenters. The molecule has 0 aromatic heterocycles. The van der Waals surface area contributed by atoms with Crippen molar-refractivity contribution in [3.63, 3.8) is 0 Å². The summed E-state index contributed by atoms with van der Waals surface area (Å²) in [6.07, 6.45) is 2.16. The standard InChI is InChI=1S/C22H21NO5S3/c1-27-19-11-16(7-8-18(19)28-13-15-5-3-2-4-6-15)12-20-21(24)23(22(29)30-20)17-9-10-31(25,26)14-17/h2-8,11-12,17H,9-10,13-14H2,1H3/b20-12-/t17-/m0/s1. The Morgan fingerprint density at radius 2 is 1.97 bits per heavy atom. The number of carbonyl (C=O) groups excluding carboxylic acids is 1. The van der Waals surface area contributed by atoms with Crippen molar-refractivity contribution >= 4 is 50.1 Å². The second-order valence-corrected chi connectivity index (χ2v) is 11.2. The molecule has 2 aromatic rings. The molecule has 1 amide bonds. The van der Waals surface area contributed by atoms with Crippen molar-refractivity contribution in [3.05, 3.63) is 64.6 Å². The number of thioether (sulfide) groups is 1. The van der Waals surface area contributed by atoms with Crippen LogP contribution in [0.2, 0.25) is 0 Å². The molecule has 2 heterocycles. The fourth-order valence-corrected chi connectivity index (χ4v) is 6.65. The molecule has 0 radical (unpaired) electrons. The molecule has 0 aliphatic carbocycles. The lowest BCUT2D eigenvalue weighted by Crippen LogP contribution is -2.39. The number of carbonyl (C=O) groups is 1. The topological polar surface area (TPSA) is 72.9 Å². The van der Waals surface area contributed by atoms with E-state index in [9.17, 15) is 13.2 Å². The first-order chi connectivity index (χ1) is 14.9. The van der Waals surface area contributed by atoms with Gasteiger partial charge in [0.1, 0.15) is 10.9 Å². The summed E-state index contributed by atoms with van der Waals surface area (Å²) in [6.45, 7) is 0.416. The van der Waals surface area contributed by atoms with Crippen LogP contribution in [0.5, 0.6) is 11.5 Å². The molecule has 6 nitrogen and oxygen atoms in total. The first-order valence-corrected chi connectivity index (χ1v) is 12.7. The third-order valence-corrected chi connectivity index (χ3v) is 8.20. The van der Waals surface area contributed by atoms with Gasteiger partial charge in [0.25, 0.3) is 5.91 Å². The van der Waals surface area contributed by atoms with Crippen LogP contribution in [0.4, 0.5) is 0 Å². The van der Waals surface area contributed by atoms with Crippen LogP contribution in [0.15, 0.2) is 53.4 Å². The molecule has 2 fully saturated rings. The summed E-state index contributed by atoms with van der Waals surface area (Å²) >= 11 is 6.55. The highest BCUT2D eigenvalue weighted by atomic mass is 32.2. The monoisotopic (exact) mass is 475 g/mol. The van der Waals surface area contributed by atoms with Gasteiger partial charge >= 0.3 is 0 Å². The lowest BCUT2D eigenvalue weighted by Gasteiger charge is -2.20. The zero-order valence-corrected chi connectivity index (χ0v) is 19.3. The van der Waals surface area contributed by atoms with E-state index < -0.39 is 9.84 Å². The summed E-state index contributed by atoms with van der Waals surface area (Å²) in [5.74, 6) is 0.971. The zero-order valence-electron chi connectivity index (χ0n) is 16.8. The highest BCUT2D eigenvalue weighted by molar-refractivity contribution is 8.26. The number of benzene rings is 2. The highest BCUT2D eigenvalue weighted by Crippen LogP contribution is 2.37. The molecule has 2 aliphatic rings. The van der Waals surface area contributed by atoms with Crippen LogP contribution >= 0.6 is 24.0 Å². The molecular weight excluding hydrogens is 454 g/mol. The normalized spacial score (nSPS) is 21.6. The van der Waals surface area contributed by atoms with Gasteiger partial charge in [-0.1, -0.05) is 60.4 Å². The van der Waals surface area contributed by atoms with Crippen LogP contribution in [0.25, 0.3) is 6.08 Å². The predicted molar refractivity (Wildman–Crippen MR) is 126 cm³/mol. The number of amides is 1. The Labute approximate surface area is 191 Å². The van der Waals surface area contributed by atoms with E-state index in [1.165, 1.54) is 16.7 Å². The summed E-state index contributed by atoms with van der Waals surface area (Å²) in [5.41, 5.74) is 1.81. The van der Waals surface area contributed by atoms with Crippen LogP contribution < -0.4 is 9.47 Å². The number of hydrogen-bond donors (Lipinski definition) is 0. The minimum atomic E-state index is -3.11. The van der Waals surface area contributed by atoms with Gasteiger partial charge in [0.2, 0.25) is 0 Å². The van der Waals surface area contributed by atoms with E-state index in [-0.39, 0.29) is 23.5 Å². The molecule has 162 valence electrons. The Morgan fingerprint density at radius 1 is 1.19 bits per heavy atom. The molecule has 0 bridgehead atoms. The number of sulfone groups is 1. The minimum Gasteiger partial charge on any atom is -0.493 e. The van der Waals surface area contributed by atoms with Crippen LogP contribution in [0, 0.1) is 0 Å². The second-order valence-electron chi connectivity index (χ2n) is 7.29. The summed E-state index contributed by atoms with van der Waals surface area (Å²) in [6, 6.07) is 14.9. The molecule has 9 heteroatoms. The molecule has 2 aromatic carbocycles. The number of nitrogens with zero attached hydrogens (tertiary/aromatic N) is 1. The van der Waals surface area contributed by atoms with Gasteiger partial charge in [0.05, 0.1) is 29.6 Å². The van der Waals surface area contributed by atoms with E-state index >= 15 is 0 Å². The first kappa shape index (κ1) is 21.9. The van der Waals surface area contributed by atoms with E-state index in [1.807, 2.05) is 36.4 Å². The van der Waals surface area contributed by atoms with E-state index in [0.717, 1.165) is 11.1 Å². The molecule has 1 atom stereocenters. The molecular formula is C22H21NO5S3. The number of ether oxygens (including phenoxy) is 2. The number of methoxy groups -OCH3 is 1. The van der Waals surface area contributed by atoms with Gasteiger partial charge in [-0.25, -0.2) is 8.42 Å². The molecule has 4 rings (SSSR count).